The Hall–Kier alpha value is -3.22. The zero-order valence-corrected chi connectivity index (χ0v) is 16.5. The number of anilines is 2. The van der Waals surface area contributed by atoms with Gasteiger partial charge in [0.1, 0.15) is 5.75 Å². The van der Waals surface area contributed by atoms with Crippen molar-refractivity contribution in [2.75, 3.05) is 38.1 Å². The van der Waals surface area contributed by atoms with Crippen LogP contribution in [-0.4, -0.2) is 39.7 Å². The molecule has 0 unspecified atom stereocenters. The highest BCUT2D eigenvalue weighted by atomic mass is 16.5. The van der Waals surface area contributed by atoms with E-state index < -0.39 is 0 Å². The maximum Gasteiger partial charge on any atom is 0.259 e. The largest absolute Gasteiger partial charge is 0.496 e. The molecule has 1 fully saturated rings. The zero-order chi connectivity index (χ0) is 20.3. The van der Waals surface area contributed by atoms with Crippen LogP contribution in [0.25, 0.3) is 0 Å². The van der Waals surface area contributed by atoms with Gasteiger partial charge in [0.15, 0.2) is 11.5 Å². The molecule has 1 N–H and O–H groups in total. The second kappa shape index (κ2) is 8.21. The summed E-state index contributed by atoms with van der Waals surface area (Å²) in [5.41, 5.74) is 2.77. The van der Waals surface area contributed by atoms with Gasteiger partial charge in [-0.25, -0.2) is 0 Å². The van der Waals surface area contributed by atoms with E-state index >= 15 is 0 Å². The summed E-state index contributed by atoms with van der Waals surface area (Å²) in [6, 6.07) is 8.70. The molecule has 0 radical (unpaired) electrons. The fraction of sp³-hybridized carbons (Fsp3) is 0.333. The Balaban J connectivity index is 1.85. The van der Waals surface area contributed by atoms with E-state index in [-0.39, 0.29) is 11.8 Å². The molecule has 1 aliphatic heterocycles. The number of carbonyl (C=O) groups excluding carboxylic acids is 2. The summed E-state index contributed by atoms with van der Waals surface area (Å²) in [7, 11) is 4.52. The van der Waals surface area contributed by atoms with Crippen molar-refractivity contribution in [1.82, 2.24) is 0 Å². The normalized spacial score (nSPS) is 13.4. The van der Waals surface area contributed by atoms with Crippen molar-refractivity contribution in [1.29, 1.82) is 0 Å². The summed E-state index contributed by atoms with van der Waals surface area (Å²) >= 11 is 0. The molecule has 0 atom stereocenters. The van der Waals surface area contributed by atoms with Crippen LogP contribution < -0.4 is 24.4 Å². The highest BCUT2D eigenvalue weighted by Gasteiger charge is 2.23. The number of carbonyl (C=O) groups is 2. The predicted molar refractivity (Wildman–Crippen MR) is 107 cm³/mol. The van der Waals surface area contributed by atoms with Crippen LogP contribution in [0.4, 0.5) is 11.4 Å². The average Bonchev–Trinajstić information content (AvgIpc) is 3.12. The average molecular weight is 384 g/mol. The molecule has 0 aromatic heterocycles. The number of ether oxygens (including phenoxy) is 3. The van der Waals surface area contributed by atoms with Crippen LogP contribution in [0.2, 0.25) is 0 Å². The van der Waals surface area contributed by atoms with E-state index in [1.165, 1.54) is 21.3 Å². The Kier molecular flexibility index (Phi) is 5.73. The standard InChI is InChI=1S/C21H24N2O5/c1-13-10-14(7-8-16(13)23-9-5-6-20(23)24)22-21(25)15-11-18(27-3)19(28-4)12-17(15)26-2/h7-8,10-12H,5-6,9H2,1-4H3,(H,22,25). The van der Waals surface area contributed by atoms with E-state index in [1.807, 2.05) is 19.1 Å². The molecule has 0 aliphatic carbocycles. The number of methoxy groups -OCH3 is 3. The zero-order valence-electron chi connectivity index (χ0n) is 16.5. The van der Waals surface area contributed by atoms with E-state index in [9.17, 15) is 9.59 Å². The Morgan fingerprint density at radius 3 is 2.25 bits per heavy atom. The van der Waals surface area contributed by atoms with Crippen LogP contribution in [0.5, 0.6) is 17.2 Å². The third-order valence-corrected chi connectivity index (χ3v) is 4.77. The summed E-state index contributed by atoms with van der Waals surface area (Å²) in [6.45, 7) is 2.65. The first-order chi connectivity index (χ1) is 13.5. The number of nitrogens with zero attached hydrogens (tertiary/aromatic N) is 1. The topological polar surface area (TPSA) is 77.1 Å². The smallest absolute Gasteiger partial charge is 0.259 e. The van der Waals surface area contributed by atoms with Crippen LogP contribution in [0.15, 0.2) is 30.3 Å². The molecule has 0 bridgehead atoms. The minimum Gasteiger partial charge on any atom is -0.496 e. The lowest BCUT2D eigenvalue weighted by Crippen LogP contribution is -2.24. The van der Waals surface area contributed by atoms with Gasteiger partial charge in [-0.1, -0.05) is 0 Å². The van der Waals surface area contributed by atoms with Crippen molar-refractivity contribution in [3.63, 3.8) is 0 Å². The molecule has 148 valence electrons. The molecule has 7 heteroatoms. The summed E-state index contributed by atoms with van der Waals surface area (Å²) in [5, 5.41) is 2.87. The first-order valence-electron chi connectivity index (χ1n) is 9.01. The van der Waals surface area contributed by atoms with Crippen LogP contribution in [0, 0.1) is 6.92 Å². The molecule has 7 nitrogen and oxygen atoms in total. The molecule has 1 heterocycles. The SMILES string of the molecule is COc1cc(OC)c(C(=O)Nc2ccc(N3CCCC3=O)c(C)c2)cc1OC. The van der Waals surface area contributed by atoms with Crippen LogP contribution in [-0.2, 0) is 4.79 Å². The molecule has 0 spiro atoms. The summed E-state index contributed by atoms with van der Waals surface area (Å²) < 4.78 is 15.9. The van der Waals surface area contributed by atoms with Gasteiger partial charge in [-0.05, 0) is 37.1 Å². The first kappa shape index (κ1) is 19.5. The fourth-order valence-corrected chi connectivity index (χ4v) is 3.34. The Labute approximate surface area is 164 Å². The van der Waals surface area contributed by atoms with E-state index in [0.717, 1.165) is 24.2 Å². The van der Waals surface area contributed by atoms with E-state index in [0.29, 0.717) is 34.9 Å². The van der Waals surface area contributed by atoms with Gasteiger partial charge in [0.05, 0.1) is 26.9 Å². The molecule has 2 aromatic rings. The number of amides is 2. The van der Waals surface area contributed by atoms with E-state index in [2.05, 4.69) is 5.32 Å². The number of rotatable bonds is 6. The monoisotopic (exact) mass is 384 g/mol. The molecule has 1 saturated heterocycles. The van der Waals surface area contributed by atoms with Crippen molar-refractivity contribution in [3.8, 4) is 17.2 Å². The third kappa shape index (κ3) is 3.74. The maximum absolute atomic E-state index is 12.8. The Morgan fingerprint density at radius 1 is 1.00 bits per heavy atom. The lowest BCUT2D eigenvalue weighted by molar-refractivity contribution is -0.117. The van der Waals surface area contributed by atoms with Gasteiger partial charge in [0, 0.05) is 36.5 Å². The number of hydrogen-bond donors (Lipinski definition) is 1. The molecule has 0 saturated carbocycles. The third-order valence-electron chi connectivity index (χ3n) is 4.77. The van der Waals surface area contributed by atoms with Gasteiger partial charge in [-0.3, -0.25) is 9.59 Å². The van der Waals surface area contributed by atoms with Gasteiger partial charge < -0.3 is 24.4 Å². The first-order valence-corrected chi connectivity index (χ1v) is 9.01. The highest BCUT2D eigenvalue weighted by molar-refractivity contribution is 6.07. The lowest BCUT2D eigenvalue weighted by atomic mass is 10.1. The Morgan fingerprint density at radius 2 is 1.68 bits per heavy atom. The van der Waals surface area contributed by atoms with Crippen molar-refractivity contribution < 1.29 is 23.8 Å². The quantitative estimate of drug-likeness (QED) is 0.826. The van der Waals surface area contributed by atoms with Gasteiger partial charge >= 0.3 is 0 Å². The fourth-order valence-electron chi connectivity index (χ4n) is 3.34. The van der Waals surface area contributed by atoms with Crippen molar-refractivity contribution in [3.05, 3.63) is 41.5 Å². The van der Waals surface area contributed by atoms with Crippen LogP contribution in [0.3, 0.4) is 0 Å². The number of nitrogens with one attached hydrogen (secondary N) is 1. The second-order valence-electron chi connectivity index (χ2n) is 6.51. The predicted octanol–water partition coefficient (Wildman–Crippen LogP) is 3.40. The number of hydrogen-bond acceptors (Lipinski definition) is 5. The van der Waals surface area contributed by atoms with Crippen molar-refractivity contribution >= 4 is 23.2 Å². The molecule has 28 heavy (non-hydrogen) atoms. The second-order valence-corrected chi connectivity index (χ2v) is 6.51. The lowest BCUT2D eigenvalue weighted by Gasteiger charge is -2.19. The molecule has 1 aliphatic rings. The van der Waals surface area contributed by atoms with E-state index in [1.54, 1.807) is 23.1 Å². The van der Waals surface area contributed by atoms with Gasteiger partial charge in [-0.15, -0.1) is 0 Å². The summed E-state index contributed by atoms with van der Waals surface area (Å²) in [6.07, 6.45) is 1.45. The number of aryl methyl sites for hydroxylation is 1. The molecule has 2 amide bonds. The van der Waals surface area contributed by atoms with Crippen molar-refractivity contribution in [2.24, 2.45) is 0 Å². The Bertz CT molecular complexity index is 910. The van der Waals surface area contributed by atoms with Crippen LogP contribution in [0.1, 0.15) is 28.8 Å². The maximum atomic E-state index is 12.8. The summed E-state index contributed by atoms with van der Waals surface area (Å²) in [4.78, 5) is 26.6. The molecule has 3 rings (SSSR count). The number of benzene rings is 2. The molecular formula is C21H24N2O5. The van der Waals surface area contributed by atoms with Crippen molar-refractivity contribution in [2.45, 2.75) is 19.8 Å². The highest BCUT2D eigenvalue weighted by Crippen LogP contribution is 2.35. The van der Waals surface area contributed by atoms with E-state index in [4.69, 9.17) is 14.2 Å². The van der Waals surface area contributed by atoms with Gasteiger partial charge in [0.2, 0.25) is 5.91 Å². The van der Waals surface area contributed by atoms with Crippen LogP contribution >= 0.6 is 0 Å². The van der Waals surface area contributed by atoms with Gasteiger partial charge in [0.25, 0.3) is 5.91 Å². The molecule has 2 aromatic carbocycles. The molecular weight excluding hydrogens is 360 g/mol. The minimum atomic E-state index is -0.331. The minimum absolute atomic E-state index is 0.134. The van der Waals surface area contributed by atoms with Gasteiger partial charge in [-0.2, -0.15) is 0 Å². The summed E-state index contributed by atoms with van der Waals surface area (Å²) in [5.74, 6) is 1.10.